The van der Waals surface area contributed by atoms with Gasteiger partial charge in [0.1, 0.15) is 6.26 Å². The summed E-state index contributed by atoms with van der Waals surface area (Å²) >= 11 is 0. The first kappa shape index (κ1) is 9.51. The van der Waals surface area contributed by atoms with Crippen molar-refractivity contribution in [3.05, 3.63) is 36.0 Å². The zero-order chi connectivity index (χ0) is 10.7. The largest absolute Gasteiger partial charge is 0.462 e. The van der Waals surface area contributed by atoms with Gasteiger partial charge in [0.2, 0.25) is 5.76 Å². The van der Waals surface area contributed by atoms with E-state index in [1.807, 2.05) is 0 Å². The van der Waals surface area contributed by atoms with E-state index >= 15 is 0 Å². The predicted octanol–water partition coefficient (Wildman–Crippen LogP) is 1.27. The molecule has 1 fully saturated rings. The fourth-order valence-corrected chi connectivity index (χ4v) is 1.13. The molecule has 1 aromatic heterocycles. The second kappa shape index (κ2) is 4.00. The van der Waals surface area contributed by atoms with E-state index in [0.29, 0.717) is 18.6 Å². The molecule has 2 heterocycles. The van der Waals surface area contributed by atoms with Crippen LogP contribution in [0.4, 0.5) is 0 Å². The molecule has 1 saturated heterocycles. The van der Waals surface area contributed by atoms with Crippen molar-refractivity contribution in [2.24, 2.45) is 0 Å². The van der Waals surface area contributed by atoms with Gasteiger partial charge >= 0.3 is 11.9 Å². The van der Waals surface area contributed by atoms with Crippen LogP contribution in [0.1, 0.15) is 17.0 Å². The molecule has 0 spiro atoms. The number of carbonyl (C=O) groups is 2. The van der Waals surface area contributed by atoms with Gasteiger partial charge in [0, 0.05) is 6.42 Å². The highest BCUT2D eigenvalue weighted by Gasteiger charge is 2.20. The molecule has 1 aliphatic heterocycles. The Morgan fingerprint density at radius 3 is 3.00 bits per heavy atom. The minimum absolute atomic E-state index is 0.0956. The highest BCUT2D eigenvalue weighted by atomic mass is 16.6. The summed E-state index contributed by atoms with van der Waals surface area (Å²) in [6.07, 6.45) is 2.94. The molecule has 15 heavy (non-hydrogen) atoms. The molecule has 0 N–H and O–H groups in total. The summed E-state index contributed by atoms with van der Waals surface area (Å²) in [6.45, 7) is 0.336. The maximum absolute atomic E-state index is 11.3. The molecule has 0 saturated carbocycles. The Balaban J connectivity index is 1.99. The fourth-order valence-electron chi connectivity index (χ4n) is 1.13. The highest BCUT2D eigenvalue weighted by molar-refractivity contribution is 5.91. The number of hydrogen-bond acceptors (Lipinski definition) is 5. The van der Waals surface area contributed by atoms with Gasteiger partial charge in [-0.15, -0.1) is 0 Å². The number of carbonyl (C=O) groups excluding carboxylic acids is 2. The summed E-state index contributed by atoms with van der Waals surface area (Å²) in [6, 6.07) is 3.06. The van der Waals surface area contributed by atoms with Crippen molar-refractivity contribution < 1.29 is 23.5 Å². The van der Waals surface area contributed by atoms with Gasteiger partial charge in [-0.2, -0.15) is 0 Å². The van der Waals surface area contributed by atoms with Gasteiger partial charge in [-0.25, -0.2) is 9.59 Å². The molecule has 0 bridgehead atoms. The average molecular weight is 208 g/mol. The van der Waals surface area contributed by atoms with Crippen LogP contribution >= 0.6 is 0 Å². The normalized spacial score (nSPS) is 17.9. The molecule has 78 valence electrons. The third kappa shape index (κ3) is 2.07. The number of ether oxygens (including phenoxy) is 2. The zero-order valence-corrected chi connectivity index (χ0v) is 7.76. The second-order valence-electron chi connectivity index (χ2n) is 2.91. The van der Waals surface area contributed by atoms with E-state index < -0.39 is 11.9 Å². The summed E-state index contributed by atoms with van der Waals surface area (Å²) in [5.41, 5.74) is 0.356. The predicted molar refractivity (Wildman–Crippen MR) is 47.8 cm³/mol. The van der Waals surface area contributed by atoms with Crippen LogP contribution in [0.2, 0.25) is 0 Å². The molecule has 0 radical (unpaired) electrons. The van der Waals surface area contributed by atoms with Gasteiger partial charge in [-0.05, 0) is 12.1 Å². The summed E-state index contributed by atoms with van der Waals surface area (Å²) < 4.78 is 14.2. The molecular formula is C10H8O5. The fraction of sp³-hybridized carbons (Fsp3) is 0.200. The van der Waals surface area contributed by atoms with E-state index in [0.717, 1.165) is 6.26 Å². The van der Waals surface area contributed by atoms with E-state index in [-0.39, 0.29) is 5.76 Å². The van der Waals surface area contributed by atoms with E-state index in [9.17, 15) is 9.59 Å². The summed E-state index contributed by atoms with van der Waals surface area (Å²) in [7, 11) is 0. The second-order valence-corrected chi connectivity index (χ2v) is 2.91. The molecule has 5 heteroatoms. The van der Waals surface area contributed by atoms with Crippen molar-refractivity contribution in [1.29, 1.82) is 0 Å². The van der Waals surface area contributed by atoms with Crippen LogP contribution in [0.25, 0.3) is 0 Å². The maximum atomic E-state index is 11.3. The Bertz CT molecular complexity index is 401. The number of esters is 2. The van der Waals surface area contributed by atoms with Gasteiger partial charge < -0.3 is 13.9 Å². The minimum Gasteiger partial charge on any atom is -0.462 e. The summed E-state index contributed by atoms with van der Waals surface area (Å²) in [4.78, 5) is 22.2. The lowest BCUT2D eigenvalue weighted by molar-refractivity contribution is -0.135. The molecule has 0 amide bonds. The van der Waals surface area contributed by atoms with Crippen LogP contribution < -0.4 is 0 Å². The first-order valence-corrected chi connectivity index (χ1v) is 4.38. The lowest BCUT2D eigenvalue weighted by Crippen LogP contribution is -2.01. The van der Waals surface area contributed by atoms with Crippen molar-refractivity contribution >= 4 is 11.9 Å². The van der Waals surface area contributed by atoms with Crippen LogP contribution in [0.3, 0.4) is 0 Å². The van der Waals surface area contributed by atoms with Crippen molar-refractivity contribution in [2.45, 2.75) is 6.42 Å². The average Bonchev–Trinajstić information content (AvgIpc) is 2.85. The van der Waals surface area contributed by atoms with Crippen molar-refractivity contribution in [1.82, 2.24) is 0 Å². The van der Waals surface area contributed by atoms with E-state index in [1.54, 1.807) is 6.07 Å². The molecule has 0 unspecified atom stereocenters. The molecule has 5 nitrogen and oxygen atoms in total. The SMILES string of the molecule is O=C1OCC/C1=C\OC(=O)c1ccco1. The number of furan rings is 1. The first-order chi connectivity index (χ1) is 7.27. The van der Waals surface area contributed by atoms with Crippen LogP contribution in [0.5, 0.6) is 0 Å². The topological polar surface area (TPSA) is 65.7 Å². The van der Waals surface area contributed by atoms with Crippen LogP contribution in [-0.2, 0) is 14.3 Å². The van der Waals surface area contributed by atoms with Crippen molar-refractivity contribution in [3.8, 4) is 0 Å². The van der Waals surface area contributed by atoms with Crippen LogP contribution in [-0.4, -0.2) is 18.5 Å². The molecule has 0 atom stereocenters. The van der Waals surface area contributed by atoms with Gasteiger partial charge in [0.15, 0.2) is 0 Å². The van der Waals surface area contributed by atoms with E-state index in [1.165, 1.54) is 12.3 Å². The standard InChI is InChI=1S/C10H8O5/c11-9-7(3-5-14-9)6-15-10(12)8-2-1-4-13-8/h1-2,4,6H,3,5H2/b7-6+. The quantitative estimate of drug-likeness (QED) is 0.416. The molecular weight excluding hydrogens is 200 g/mol. The van der Waals surface area contributed by atoms with Crippen molar-refractivity contribution in [2.75, 3.05) is 6.61 Å². The Labute approximate surface area is 85.3 Å². The number of rotatable bonds is 2. The first-order valence-electron chi connectivity index (χ1n) is 4.38. The van der Waals surface area contributed by atoms with Crippen LogP contribution in [0.15, 0.2) is 34.6 Å². The molecule has 0 aliphatic carbocycles. The smallest absolute Gasteiger partial charge is 0.379 e. The Morgan fingerprint density at radius 2 is 2.40 bits per heavy atom. The molecule has 0 aromatic carbocycles. The Morgan fingerprint density at radius 1 is 1.53 bits per heavy atom. The number of hydrogen-bond donors (Lipinski definition) is 0. The maximum Gasteiger partial charge on any atom is 0.379 e. The summed E-state index contributed by atoms with van der Waals surface area (Å²) in [5.74, 6) is -0.979. The highest BCUT2D eigenvalue weighted by Crippen LogP contribution is 2.13. The van der Waals surface area contributed by atoms with E-state index in [4.69, 9.17) is 9.15 Å². The molecule has 1 aromatic rings. The van der Waals surface area contributed by atoms with Crippen LogP contribution in [0, 0.1) is 0 Å². The summed E-state index contributed by atoms with van der Waals surface area (Å²) in [5, 5.41) is 0. The van der Waals surface area contributed by atoms with Gasteiger partial charge in [0.05, 0.1) is 18.4 Å². The van der Waals surface area contributed by atoms with E-state index in [2.05, 4.69) is 4.74 Å². The minimum atomic E-state index is -0.632. The zero-order valence-electron chi connectivity index (χ0n) is 7.76. The lowest BCUT2D eigenvalue weighted by atomic mass is 10.2. The monoisotopic (exact) mass is 208 g/mol. The number of cyclic esters (lactones) is 1. The lowest BCUT2D eigenvalue weighted by Gasteiger charge is -1.95. The van der Waals surface area contributed by atoms with Crippen molar-refractivity contribution in [3.63, 3.8) is 0 Å². The molecule has 1 aliphatic rings. The Kier molecular flexibility index (Phi) is 2.53. The van der Waals surface area contributed by atoms with Gasteiger partial charge in [0.25, 0.3) is 0 Å². The van der Waals surface area contributed by atoms with Gasteiger partial charge in [-0.1, -0.05) is 0 Å². The third-order valence-corrected chi connectivity index (χ3v) is 1.90. The molecule has 2 rings (SSSR count). The van der Waals surface area contributed by atoms with Gasteiger partial charge in [-0.3, -0.25) is 0 Å². The third-order valence-electron chi connectivity index (χ3n) is 1.90. The Hall–Kier alpha value is -2.04.